The Kier molecular flexibility index (Phi) is 4.15. The molecule has 2 aromatic carbocycles. The smallest absolute Gasteiger partial charge is 0.298 e. The van der Waals surface area contributed by atoms with Gasteiger partial charge in [-0.2, -0.15) is 13.2 Å². The summed E-state index contributed by atoms with van der Waals surface area (Å²) in [5.74, 6) is 0. The molecule has 24 heavy (non-hydrogen) atoms. The lowest BCUT2D eigenvalue weighted by molar-refractivity contribution is -0.137. The van der Waals surface area contributed by atoms with Crippen molar-refractivity contribution in [3.8, 4) is 0 Å². The van der Waals surface area contributed by atoms with Crippen molar-refractivity contribution in [2.45, 2.75) is 13.1 Å². The summed E-state index contributed by atoms with van der Waals surface area (Å²) in [5, 5.41) is 1.41. The number of rotatable bonds is 3. The van der Waals surface area contributed by atoms with Gasteiger partial charge in [0, 0.05) is 11.1 Å². The second kappa shape index (κ2) is 6.13. The Morgan fingerprint density at radius 1 is 1.12 bits per heavy atom. The highest BCUT2D eigenvalue weighted by molar-refractivity contribution is 5.87. The van der Waals surface area contributed by atoms with Crippen LogP contribution < -0.4 is 5.06 Å². The maximum atomic E-state index is 12.8. The summed E-state index contributed by atoms with van der Waals surface area (Å²) in [6.07, 6.45) is -4.09. The minimum Gasteiger partial charge on any atom is -0.298 e. The number of aldehydes is 1. The first-order valence-electron chi connectivity index (χ1n) is 7.26. The van der Waals surface area contributed by atoms with Gasteiger partial charge in [0.1, 0.15) is 6.61 Å². The van der Waals surface area contributed by atoms with Gasteiger partial charge in [-0.1, -0.05) is 30.3 Å². The molecule has 1 aliphatic rings. The molecular weight excluding hydrogens is 319 g/mol. The Balaban J connectivity index is 2.01. The average Bonchev–Trinajstić information content (AvgIpc) is 2.95. The largest absolute Gasteiger partial charge is 0.416 e. The van der Waals surface area contributed by atoms with Crippen molar-refractivity contribution in [1.29, 1.82) is 0 Å². The lowest BCUT2D eigenvalue weighted by Gasteiger charge is -2.21. The zero-order chi connectivity index (χ0) is 17.3. The molecular formula is C18H14F3NO2. The number of benzene rings is 2. The van der Waals surface area contributed by atoms with E-state index in [0.717, 1.165) is 29.0 Å². The number of allylic oxidation sites excluding steroid dienone is 1. The van der Waals surface area contributed by atoms with Gasteiger partial charge in [0.15, 0.2) is 6.29 Å². The predicted octanol–water partition coefficient (Wildman–Crippen LogP) is 4.70. The lowest BCUT2D eigenvalue weighted by atomic mass is 10.0. The molecule has 1 aliphatic heterocycles. The lowest BCUT2D eigenvalue weighted by Crippen LogP contribution is -2.18. The minimum atomic E-state index is -4.50. The molecule has 2 aromatic rings. The Bertz CT molecular complexity index is 798. The van der Waals surface area contributed by atoms with Gasteiger partial charge in [0.05, 0.1) is 16.9 Å². The Morgan fingerprint density at radius 2 is 1.83 bits per heavy atom. The molecule has 3 rings (SSSR count). The van der Waals surface area contributed by atoms with Gasteiger partial charge in [-0.3, -0.25) is 9.63 Å². The third kappa shape index (κ3) is 2.92. The topological polar surface area (TPSA) is 29.5 Å². The van der Waals surface area contributed by atoms with Crippen LogP contribution in [-0.4, -0.2) is 12.9 Å². The maximum absolute atomic E-state index is 12.8. The van der Waals surface area contributed by atoms with Crippen LogP contribution in [0.4, 0.5) is 18.9 Å². The number of anilines is 1. The van der Waals surface area contributed by atoms with E-state index in [-0.39, 0.29) is 12.2 Å². The Hall–Kier alpha value is -2.60. The van der Waals surface area contributed by atoms with Crippen molar-refractivity contribution in [3.63, 3.8) is 0 Å². The Labute approximate surface area is 136 Å². The van der Waals surface area contributed by atoms with Crippen LogP contribution in [0.1, 0.15) is 28.4 Å². The first-order valence-corrected chi connectivity index (χ1v) is 7.26. The van der Waals surface area contributed by atoms with Gasteiger partial charge >= 0.3 is 6.18 Å². The molecule has 3 nitrogen and oxygen atoms in total. The van der Waals surface area contributed by atoms with Crippen molar-refractivity contribution in [2.24, 2.45) is 0 Å². The second-order valence-corrected chi connectivity index (χ2v) is 5.39. The monoisotopic (exact) mass is 333 g/mol. The molecule has 0 N–H and O–H groups in total. The van der Waals surface area contributed by atoms with Crippen LogP contribution in [0.25, 0.3) is 5.57 Å². The van der Waals surface area contributed by atoms with Crippen molar-refractivity contribution in [1.82, 2.24) is 0 Å². The number of carbonyl (C=O) groups is 1. The molecule has 0 radical (unpaired) electrons. The molecule has 1 heterocycles. The van der Waals surface area contributed by atoms with Gasteiger partial charge in [-0.05, 0) is 30.7 Å². The quantitative estimate of drug-likeness (QED) is 0.763. The van der Waals surface area contributed by atoms with E-state index in [9.17, 15) is 18.0 Å². The molecule has 0 fully saturated rings. The molecule has 6 heteroatoms. The Morgan fingerprint density at radius 3 is 2.46 bits per heavy atom. The normalized spacial score (nSPS) is 15.1. The molecule has 0 aliphatic carbocycles. The summed E-state index contributed by atoms with van der Waals surface area (Å²) in [6.45, 7) is 2.09. The molecule has 0 amide bonds. The van der Waals surface area contributed by atoms with E-state index in [4.69, 9.17) is 4.84 Å². The van der Waals surface area contributed by atoms with Crippen LogP contribution in [0.15, 0.2) is 54.2 Å². The average molecular weight is 333 g/mol. The van der Waals surface area contributed by atoms with E-state index in [1.54, 1.807) is 0 Å². The summed E-state index contributed by atoms with van der Waals surface area (Å²) < 4.78 is 38.4. The zero-order valence-corrected chi connectivity index (χ0v) is 12.8. The van der Waals surface area contributed by atoms with Crippen LogP contribution in [-0.2, 0) is 11.0 Å². The SMILES string of the molecule is CC1=C(c2ccccc2)CON1c1ccc(C(F)(F)F)cc1C=O. The van der Waals surface area contributed by atoms with Gasteiger partial charge < -0.3 is 0 Å². The summed E-state index contributed by atoms with van der Waals surface area (Å²) >= 11 is 0. The highest BCUT2D eigenvalue weighted by atomic mass is 19.4. The van der Waals surface area contributed by atoms with E-state index < -0.39 is 11.7 Å². The predicted molar refractivity (Wildman–Crippen MR) is 84.3 cm³/mol. The fourth-order valence-electron chi connectivity index (χ4n) is 2.64. The standard InChI is InChI=1S/C18H14F3NO2/c1-12-16(13-5-3-2-4-6-13)11-24-22(12)17-8-7-15(18(19,20)21)9-14(17)10-23/h2-10H,11H2,1H3. The van der Waals surface area contributed by atoms with Crippen LogP contribution in [0.2, 0.25) is 0 Å². The first kappa shape index (κ1) is 16.3. The molecule has 0 atom stereocenters. The van der Waals surface area contributed by atoms with Gasteiger partial charge in [-0.15, -0.1) is 0 Å². The van der Waals surface area contributed by atoms with E-state index in [0.29, 0.717) is 12.0 Å². The maximum Gasteiger partial charge on any atom is 0.416 e. The van der Waals surface area contributed by atoms with Crippen LogP contribution in [0, 0.1) is 0 Å². The van der Waals surface area contributed by atoms with E-state index in [2.05, 4.69) is 0 Å². The fraction of sp³-hybridized carbons (Fsp3) is 0.167. The van der Waals surface area contributed by atoms with Gasteiger partial charge in [-0.25, -0.2) is 5.06 Å². The molecule has 0 spiro atoms. The fourth-order valence-corrected chi connectivity index (χ4v) is 2.64. The summed E-state index contributed by atoms with van der Waals surface area (Å²) in [5.41, 5.74) is 1.99. The number of nitrogens with zero attached hydrogens (tertiary/aromatic N) is 1. The number of hydrogen-bond donors (Lipinski definition) is 0. The summed E-state index contributed by atoms with van der Waals surface area (Å²) in [6, 6.07) is 12.6. The molecule has 0 unspecified atom stereocenters. The van der Waals surface area contributed by atoms with Crippen molar-refractivity contribution >= 4 is 17.5 Å². The van der Waals surface area contributed by atoms with E-state index in [1.165, 1.54) is 11.1 Å². The van der Waals surface area contributed by atoms with E-state index in [1.807, 2.05) is 37.3 Å². The number of hydrogen-bond acceptors (Lipinski definition) is 3. The molecule has 0 bridgehead atoms. The molecule has 0 aromatic heterocycles. The number of alkyl halides is 3. The zero-order valence-electron chi connectivity index (χ0n) is 12.8. The highest BCUT2D eigenvalue weighted by Crippen LogP contribution is 2.37. The molecule has 124 valence electrons. The van der Waals surface area contributed by atoms with Crippen LogP contribution in [0.3, 0.4) is 0 Å². The molecule has 0 saturated heterocycles. The van der Waals surface area contributed by atoms with Crippen LogP contribution >= 0.6 is 0 Å². The first-order chi connectivity index (χ1) is 11.4. The van der Waals surface area contributed by atoms with Gasteiger partial charge in [0.2, 0.25) is 0 Å². The van der Waals surface area contributed by atoms with Crippen molar-refractivity contribution in [3.05, 3.63) is 70.9 Å². The third-order valence-electron chi connectivity index (χ3n) is 3.90. The van der Waals surface area contributed by atoms with Crippen molar-refractivity contribution in [2.75, 3.05) is 11.7 Å². The minimum absolute atomic E-state index is 0.0708. The van der Waals surface area contributed by atoms with E-state index >= 15 is 0 Å². The second-order valence-electron chi connectivity index (χ2n) is 5.39. The summed E-state index contributed by atoms with van der Waals surface area (Å²) in [4.78, 5) is 16.9. The summed E-state index contributed by atoms with van der Waals surface area (Å²) in [7, 11) is 0. The van der Waals surface area contributed by atoms with Crippen LogP contribution in [0.5, 0.6) is 0 Å². The number of carbonyl (C=O) groups excluding carboxylic acids is 1. The third-order valence-corrected chi connectivity index (χ3v) is 3.90. The molecule has 0 saturated carbocycles. The number of hydroxylamine groups is 1. The van der Waals surface area contributed by atoms with Crippen molar-refractivity contribution < 1.29 is 22.8 Å². The highest BCUT2D eigenvalue weighted by Gasteiger charge is 2.32. The number of halogens is 3. The van der Waals surface area contributed by atoms with Gasteiger partial charge in [0.25, 0.3) is 0 Å².